The van der Waals surface area contributed by atoms with Crippen LogP contribution in [0.25, 0.3) is 0 Å². The minimum atomic E-state index is 0.623. The largest absolute Gasteiger partial charge is 0.495 e. The van der Waals surface area contributed by atoms with Gasteiger partial charge in [-0.05, 0) is 40.5 Å². The first kappa shape index (κ1) is 8.88. The third kappa shape index (κ3) is 1.88. The lowest BCUT2D eigenvalue weighted by atomic mass is 10.2. The molecule has 0 amide bonds. The zero-order valence-electron chi connectivity index (χ0n) is 6.32. The van der Waals surface area contributed by atoms with Crippen molar-refractivity contribution in [3.63, 3.8) is 0 Å². The molecule has 0 aliphatic heterocycles. The van der Waals surface area contributed by atoms with E-state index in [0.717, 1.165) is 10.0 Å². The van der Waals surface area contributed by atoms with Crippen LogP contribution in [-0.2, 0) is 0 Å². The highest BCUT2D eigenvalue weighted by Gasteiger charge is 2.04. The van der Waals surface area contributed by atoms with E-state index < -0.39 is 0 Å². The lowest BCUT2D eigenvalue weighted by molar-refractivity contribution is 0.414. The van der Waals surface area contributed by atoms with Crippen LogP contribution in [-0.4, -0.2) is 7.11 Å². The van der Waals surface area contributed by atoms with E-state index in [4.69, 9.17) is 16.3 Å². The topological polar surface area (TPSA) is 9.23 Å². The van der Waals surface area contributed by atoms with Gasteiger partial charge in [0.05, 0.1) is 12.1 Å². The van der Waals surface area contributed by atoms with Crippen LogP contribution in [0.4, 0.5) is 0 Å². The molecule has 0 radical (unpaired) electrons. The molecule has 1 aromatic rings. The molecule has 0 unspecified atom stereocenters. The quantitative estimate of drug-likeness (QED) is 0.725. The van der Waals surface area contributed by atoms with Gasteiger partial charge < -0.3 is 4.74 Å². The molecule has 0 aliphatic carbocycles. The van der Waals surface area contributed by atoms with Crippen molar-refractivity contribution in [1.82, 2.24) is 0 Å². The van der Waals surface area contributed by atoms with Crippen molar-refractivity contribution in [2.75, 3.05) is 7.11 Å². The van der Waals surface area contributed by atoms with E-state index in [1.165, 1.54) is 0 Å². The molecule has 0 saturated carbocycles. The Balaban J connectivity index is 3.24. The molecule has 1 rings (SSSR count). The molecule has 0 aromatic heterocycles. The Kier molecular flexibility index (Phi) is 2.79. The summed E-state index contributed by atoms with van der Waals surface area (Å²) in [5.41, 5.74) is 1.12. The summed E-state index contributed by atoms with van der Waals surface area (Å²) in [5.74, 6) is 0.707. The van der Waals surface area contributed by atoms with E-state index in [2.05, 4.69) is 15.9 Å². The molecule has 0 N–H and O–H groups in total. The number of aryl methyl sites for hydroxylation is 1. The minimum absolute atomic E-state index is 0.623. The Labute approximate surface area is 79.4 Å². The Morgan fingerprint density at radius 1 is 1.45 bits per heavy atom. The molecule has 0 saturated heterocycles. The summed E-state index contributed by atoms with van der Waals surface area (Å²) < 4.78 is 5.92. The third-order valence-electron chi connectivity index (χ3n) is 1.36. The highest BCUT2D eigenvalue weighted by Crippen LogP contribution is 2.32. The van der Waals surface area contributed by atoms with Crippen molar-refractivity contribution in [1.29, 1.82) is 0 Å². The molecule has 3 heteroatoms. The average Bonchev–Trinajstić information content (AvgIpc) is 1.96. The van der Waals surface area contributed by atoms with Crippen molar-refractivity contribution >= 4 is 27.5 Å². The highest BCUT2D eigenvalue weighted by molar-refractivity contribution is 9.10. The van der Waals surface area contributed by atoms with Crippen LogP contribution in [0.5, 0.6) is 5.75 Å². The van der Waals surface area contributed by atoms with Crippen LogP contribution in [0, 0.1) is 6.92 Å². The van der Waals surface area contributed by atoms with Gasteiger partial charge in [0.15, 0.2) is 0 Å². The fourth-order valence-electron chi connectivity index (χ4n) is 0.841. The number of methoxy groups -OCH3 is 1. The normalized spacial score (nSPS) is 9.82. The Morgan fingerprint density at radius 2 is 2.09 bits per heavy atom. The molecule has 0 fully saturated rings. The van der Waals surface area contributed by atoms with Gasteiger partial charge >= 0.3 is 0 Å². The summed E-state index contributed by atoms with van der Waals surface area (Å²) >= 11 is 9.22. The summed E-state index contributed by atoms with van der Waals surface area (Å²) in [6.07, 6.45) is 0. The minimum Gasteiger partial charge on any atom is -0.495 e. The van der Waals surface area contributed by atoms with Crippen LogP contribution < -0.4 is 4.74 Å². The van der Waals surface area contributed by atoms with Gasteiger partial charge in [0.1, 0.15) is 5.75 Å². The van der Waals surface area contributed by atoms with Crippen molar-refractivity contribution in [2.45, 2.75) is 6.92 Å². The van der Waals surface area contributed by atoms with Crippen molar-refractivity contribution in [3.8, 4) is 5.75 Å². The number of benzene rings is 1. The summed E-state index contributed by atoms with van der Waals surface area (Å²) in [7, 11) is 1.60. The standard InChI is InChI=1S/C8H8BrClO/c1-5-3-6(9)8(10)7(4-5)11-2/h3-4H,1-2H3. The first-order chi connectivity index (χ1) is 5.15. The SMILES string of the molecule is COc1cc(C)cc(Br)c1Cl. The van der Waals surface area contributed by atoms with Crippen molar-refractivity contribution < 1.29 is 4.74 Å². The monoisotopic (exact) mass is 234 g/mol. The predicted octanol–water partition coefficient (Wildman–Crippen LogP) is 3.42. The predicted molar refractivity (Wildman–Crippen MR) is 50.4 cm³/mol. The Hall–Kier alpha value is -0.210. The number of ether oxygens (including phenoxy) is 1. The molecule has 0 spiro atoms. The van der Waals surface area contributed by atoms with Gasteiger partial charge in [-0.2, -0.15) is 0 Å². The van der Waals surface area contributed by atoms with Gasteiger partial charge in [0, 0.05) is 4.47 Å². The van der Waals surface area contributed by atoms with Gasteiger partial charge in [-0.1, -0.05) is 11.6 Å². The van der Waals surface area contributed by atoms with Crippen molar-refractivity contribution in [3.05, 3.63) is 27.2 Å². The molecule has 60 valence electrons. The molecular weight excluding hydrogens is 227 g/mol. The van der Waals surface area contributed by atoms with E-state index in [9.17, 15) is 0 Å². The second kappa shape index (κ2) is 3.46. The van der Waals surface area contributed by atoms with Crippen molar-refractivity contribution in [2.24, 2.45) is 0 Å². The molecule has 0 atom stereocenters. The molecule has 1 aromatic carbocycles. The van der Waals surface area contributed by atoms with Crippen LogP contribution in [0.1, 0.15) is 5.56 Å². The Bertz CT molecular complexity index is 273. The fraction of sp³-hybridized carbons (Fsp3) is 0.250. The summed E-state index contributed by atoms with van der Waals surface area (Å²) in [6.45, 7) is 1.99. The van der Waals surface area contributed by atoms with Crippen LogP contribution in [0.3, 0.4) is 0 Å². The molecule has 11 heavy (non-hydrogen) atoms. The van der Waals surface area contributed by atoms with E-state index in [0.29, 0.717) is 10.8 Å². The first-order valence-corrected chi connectivity index (χ1v) is 4.32. The second-order valence-electron chi connectivity index (χ2n) is 2.26. The maximum atomic E-state index is 5.89. The zero-order chi connectivity index (χ0) is 8.43. The van der Waals surface area contributed by atoms with Gasteiger partial charge in [0.2, 0.25) is 0 Å². The second-order valence-corrected chi connectivity index (χ2v) is 3.50. The summed E-state index contributed by atoms with van der Waals surface area (Å²) in [5, 5.41) is 0.623. The van der Waals surface area contributed by atoms with E-state index in [1.54, 1.807) is 7.11 Å². The van der Waals surface area contributed by atoms with Crippen LogP contribution >= 0.6 is 27.5 Å². The van der Waals surface area contributed by atoms with E-state index >= 15 is 0 Å². The highest BCUT2D eigenvalue weighted by atomic mass is 79.9. The lowest BCUT2D eigenvalue weighted by Crippen LogP contribution is -1.85. The van der Waals surface area contributed by atoms with Gasteiger partial charge in [0.25, 0.3) is 0 Å². The number of hydrogen-bond acceptors (Lipinski definition) is 1. The molecule has 1 nitrogen and oxygen atoms in total. The van der Waals surface area contributed by atoms with Gasteiger partial charge in [-0.25, -0.2) is 0 Å². The summed E-state index contributed by atoms with van der Waals surface area (Å²) in [4.78, 5) is 0. The molecule has 0 aliphatic rings. The molecule has 0 bridgehead atoms. The first-order valence-electron chi connectivity index (χ1n) is 3.15. The van der Waals surface area contributed by atoms with Crippen LogP contribution in [0.15, 0.2) is 16.6 Å². The number of halogens is 2. The third-order valence-corrected chi connectivity index (χ3v) is 2.60. The zero-order valence-corrected chi connectivity index (χ0v) is 8.66. The maximum Gasteiger partial charge on any atom is 0.138 e. The maximum absolute atomic E-state index is 5.89. The van der Waals surface area contributed by atoms with E-state index in [-0.39, 0.29) is 0 Å². The Morgan fingerprint density at radius 3 is 2.64 bits per heavy atom. The molecular formula is C8H8BrClO. The van der Waals surface area contributed by atoms with Crippen LogP contribution in [0.2, 0.25) is 5.02 Å². The molecule has 0 heterocycles. The van der Waals surface area contributed by atoms with Gasteiger partial charge in [-0.3, -0.25) is 0 Å². The van der Waals surface area contributed by atoms with Gasteiger partial charge in [-0.15, -0.1) is 0 Å². The average molecular weight is 236 g/mol. The fourth-order valence-corrected chi connectivity index (χ4v) is 1.58. The van der Waals surface area contributed by atoms with E-state index in [1.807, 2.05) is 19.1 Å². The number of hydrogen-bond donors (Lipinski definition) is 0. The lowest BCUT2D eigenvalue weighted by Gasteiger charge is -2.05. The summed E-state index contributed by atoms with van der Waals surface area (Å²) in [6, 6.07) is 3.85. The smallest absolute Gasteiger partial charge is 0.138 e. The number of rotatable bonds is 1.